The van der Waals surface area contributed by atoms with Crippen LogP contribution in [0.25, 0.3) is 0 Å². The summed E-state index contributed by atoms with van der Waals surface area (Å²) >= 11 is 0. The van der Waals surface area contributed by atoms with Gasteiger partial charge in [0, 0.05) is 31.4 Å². The highest BCUT2D eigenvalue weighted by molar-refractivity contribution is 5.76. The molecule has 0 aliphatic carbocycles. The van der Waals surface area contributed by atoms with Crippen LogP contribution >= 0.6 is 0 Å². The Balaban J connectivity index is 1.83. The Labute approximate surface area is 125 Å². The normalized spacial score (nSPS) is 18.5. The van der Waals surface area contributed by atoms with Crippen LogP contribution < -0.4 is 15.4 Å². The van der Waals surface area contributed by atoms with E-state index in [1.807, 2.05) is 26.0 Å². The van der Waals surface area contributed by atoms with Crippen LogP contribution in [0.4, 0.5) is 0 Å². The molecule has 1 unspecified atom stereocenters. The minimum atomic E-state index is -0.0426. The number of nitrogens with zero attached hydrogens (tertiary/aromatic N) is 1. The van der Waals surface area contributed by atoms with Crippen molar-refractivity contribution in [2.75, 3.05) is 19.7 Å². The predicted molar refractivity (Wildman–Crippen MR) is 79.1 cm³/mol. The van der Waals surface area contributed by atoms with E-state index in [0.717, 1.165) is 18.7 Å². The molecule has 0 aromatic carbocycles. The van der Waals surface area contributed by atoms with E-state index in [1.54, 1.807) is 6.20 Å². The molecule has 2 heterocycles. The summed E-state index contributed by atoms with van der Waals surface area (Å²) in [7, 11) is 0. The Morgan fingerprint density at radius 3 is 3.19 bits per heavy atom. The molecule has 0 radical (unpaired) electrons. The Kier molecular flexibility index (Phi) is 5.95. The summed E-state index contributed by atoms with van der Waals surface area (Å²) in [6, 6.07) is 3.74. The first-order chi connectivity index (χ1) is 10.1. The first-order valence-corrected chi connectivity index (χ1v) is 7.34. The van der Waals surface area contributed by atoms with Crippen molar-refractivity contribution in [2.45, 2.75) is 39.0 Å². The molecule has 1 amide bonds. The molecule has 6 heteroatoms. The first kappa shape index (κ1) is 15.7. The largest absolute Gasteiger partial charge is 0.475 e. The number of hydrogen-bond acceptors (Lipinski definition) is 5. The van der Waals surface area contributed by atoms with Gasteiger partial charge < -0.3 is 20.1 Å². The maximum atomic E-state index is 11.9. The van der Waals surface area contributed by atoms with Crippen molar-refractivity contribution in [3.8, 4) is 5.88 Å². The number of nitrogens with one attached hydrogen (secondary N) is 2. The molecule has 1 atom stereocenters. The summed E-state index contributed by atoms with van der Waals surface area (Å²) in [5.74, 6) is 0.548. The summed E-state index contributed by atoms with van der Waals surface area (Å²) in [4.78, 5) is 16.1. The van der Waals surface area contributed by atoms with Crippen molar-refractivity contribution >= 4 is 5.91 Å². The zero-order valence-corrected chi connectivity index (χ0v) is 12.6. The minimum absolute atomic E-state index is 0.0250. The van der Waals surface area contributed by atoms with Gasteiger partial charge in [0.1, 0.15) is 0 Å². The fourth-order valence-corrected chi connectivity index (χ4v) is 2.11. The van der Waals surface area contributed by atoms with Gasteiger partial charge in [-0.05, 0) is 19.9 Å². The average Bonchev–Trinajstić information content (AvgIpc) is 2.47. The molecule has 0 saturated carbocycles. The van der Waals surface area contributed by atoms with Gasteiger partial charge in [-0.3, -0.25) is 4.79 Å². The van der Waals surface area contributed by atoms with Crippen molar-refractivity contribution in [3.63, 3.8) is 0 Å². The number of pyridine rings is 1. The monoisotopic (exact) mass is 293 g/mol. The number of carbonyl (C=O) groups is 1. The van der Waals surface area contributed by atoms with Gasteiger partial charge in [-0.15, -0.1) is 0 Å². The molecule has 1 aliphatic rings. The van der Waals surface area contributed by atoms with E-state index in [-0.39, 0.29) is 18.1 Å². The standard InChI is InChI=1S/C15H23N3O3/c1-11(2)21-15-12(4-3-5-17-15)9-18-14(19)8-13-10-16-6-7-20-13/h3-5,11,13,16H,6-10H2,1-2H3,(H,18,19). The molecular formula is C15H23N3O3. The van der Waals surface area contributed by atoms with Crippen molar-refractivity contribution in [3.05, 3.63) is 23.9 Å². The highest BCUT2D eigenvalue weighted by Crippen LogP contribution is 2.15. The van der Waals surface area contributed by atoms with Crippen LogP contribution in [0.1, 0.15) is 25.8 Å². The van der Waals surface area contributed by atoms with E-state index < -0.39 is 0 Å². The van der Waals surface area contributed by atoms with E-state index in [1.165, 1.54) is 0 Å². The maximum Gasteiger partial charge on any atom is 0.222 e. The molecule has 116 valence electrons. The summed E-state index contributed by atoms with van der Waals surface area (Å²) in [6.45, 7) is 6.54. The van der Waals surface area contributed by atoms with Crippen LogP contribution in [0.15, 0.2) is 18.3 Å². The highest BCUT2D eigenvalue weighted by atomic mass is 16.5. The highest BCUT2D eigenvalue weighted by Gasteiger charge is 2.17. The number of amides is 1. The quantitative estimate of drug-likeness (QED) is 0.814. The van der Waals surface area contributed by atoms with Crippen LogP contribution in [0.5, 0.6) is 5.88 Å². The second-order valence-electron chi connectivity index (χ2n) is 5.31. The van der Waals surface area contributed by atoms with Crippen LogP contribution in [0.2, 0.25) is 0 Å². The summed E-state index contributed by atoms with van der Waals surface area (Å²) in [5, 5.41) is 6.10. The third-order valence-corrected chi connectivity index (χ3v) is 3.09. The fourth-order valence-electron chi connectivity index (χ4n) is 2.11. The topological polar surface area (TPSA) is 72.5 Å². The molecule has 2 rings (SSSR count). The second kappa shape index (κ2) is 7.95. The number of carbonyl (C=O) groups excluding carboxylic acids is 1. The molecule has 1 aromatic rings. The Morgan fingerprint density at radius 2 is 2.48 bits per heavy atom. The molecule has 6 nitrogen and oxygen atoms in total. The number of rotatable bonds is 6. The average molecular weight is 293 g/mol. The van der Waals surface area contributed by atoms with Gasteiger partial charge in [-0.2, -0.15) is 0 Å². The second-order valence-corrected chi connectivity index (χ2v) is 5.31. The number of hydrogen-bond donors (Lipinski definition) is 2. The lowest BCUT2D eigenvalue weighted by Gasteiger charge is -2.23. The van der Waals surface area contributed by atoms with Gasteiger partial charge in [0.15, 0.2) is 0 Å². The van der Waals surface area contributed by atoms with E-state index in [2.05, 4.69) is 15.6 Å². The van der Waals surface area contributed by atoms with Crippen molar-refractivity contribution in [1.82, 2.24) is 15.6 Å². The third kappa shape index (κ3) is 5.32. The lowest BCUT2D eigenvalue weighted by Crippen LogP contribution is -2.41. The molecule has 1 aliphatic heterocycles. The van der Waals surface area contributed by atoms with Crippen LogP contribution in [0.3, 0.4) is 0 Å². The fraction of sp³-hybridized carbons (Fsp3) is 0.600. The molecule has 2 N–H and O–H groups in total. The minimum Gasteiger partial charge on any atom is -0.475 e. The van der Waals surface area contributed by atoms with Gasteiger partial charge in [0.25, 0.3) is 0 Å². The van der Waals surface area contributed by atoms with E-state index in [4.69, 9.17) is 9.47 Å². The molecule has 1 fully saturated rings. The molecule has 0 bridgehead atoms. The predicted octanol–water partition coefficient (Wildman–Crippen LogP) is 0.864. The molecular weight excluding hydrogens is 270 g/mol. The lowest BCUT2D eigenvalue weighted by molar-refractivity contribution is -0.124. The number of ether oxygens (including phenoxy) is 2. The third-order valence-electron chi connectivity index (χ3n) is 3.09. The van der Waals surface area contributed by atoms with Gasteiger partial charge in [-0.25, -0.2) is 4.98 Å². The van der Waals surface area contributed by atoms with E-state index in [0.29, 0.717) is 25.5 Å². The van der Waals surface area contributed by atoms with Crippen LogP contribution in [-0.4, -0.2) is 42.8 Å². The molecule has 21 heavy (non-hydrogen) atoms. The van der Waals surface area contributed by atoms with Crippen LogP contribution in [0, 0.1) is 0 Å². The van der Waals surface area contributed by atoms with Gasteiger partial charge in [0.05, 0.1) is 25.2 Å². The maximum absolute atomic E-state index is 11.9. The molecule has 1 aromatic heterocycles. The Hall–Kier alpha value is -1.66. The smallest absolute Gasteiger partial charge is 0.222 e. The SMILES string of the molecule is CC(C)Oc1ncccc1CNC(=O)CC1CNCCO1. The van der Waals surface area contributed by atoms with Crippen molar-refractivity contribution in [2.24, 2.45) is 0 Å². The molecule has 1 saturated heterocycles. The van der Waals surface area contributed by atoms with Gasteiger partial charge in [-0.1, -0.05) is 6.07 Å². The molecule has 0 spiro atoms. The first-order valence-electron chi connectivity index (χ1n) is 7.34. The van der Waals surface area contributed by atoms with Crippen LogP contribution in [-0.2, 0) is 16.1 Å². The summed E-state index contributed by atoms with van der Waals surface area (Å²) in [5.41, 5.74) is 0.877. The zero-order valence-electron chi connectivity index (χ0n) is 12.6. The van der Waals surface area contributed by atoms with Crippen molar-refractivity contribution < 1.29 is 14.3 Å². The summed E-state index contributed by atoms with van der Waals surface area (Å²) in [6.07, 6.45) is 2.06. The van der Waals surface area contributed by atoms with E-state index in [9.17, 15) is 4.79 Å². The van der Waals surface area contributed by atoms with Crippen molar-refractivity contribution in [1.29, 1.82) is 0 Å². The number of morpholine rings is 1. The summed E-state index contributed by atoms with van der Waals surface area (Å²) < 4.78 is 11.1. The number of aromatic nitrogens is 1. The lowest BCUT2D eigenvalue weighted by atomic mass is 10.2. The Morgan fingerprint density at radius 1 is 1.62 bits per heavy atom. The van der Waals surface area contributed by atoms with Gasteiger partial charge >= 0.3 is 0 Å². The Bertz CT molecular complexity index is 459. The van der Waals surface area contributed by atoms with E-state index >= 15 is 0 Å². The van der Waals surface area contributed by atoms with Gasteiger partial charge in [0.2, 0.25) is 11.8 Å². The zero-order chi connectivity index (χ0) is 15.1.